The molecule has 1 unspecified atom stereocenters. The summed E-state index contributed by atoms with van der Waals surface area (Å²) in [5, 5.41) is 5.98. The van der Waals surface area contributed by atoms with Crippen molar-refractivity contribution in [3.8, 4) is 5.75 Å². The topological polar surface area (TPSA) is 64.1 Å². The van der Waals surface area contributed by atoms with E-state index in [2.05, 4.69) is 15.6 Å². The Labute approximate surface area is 163 Å². The van der Waals surface area contributed by atoms with Crippen molar-refractivity contribution in [2.24, 2.45) is 4.99 Å². The molecular weight excluding hydrogens is 375 g/mol. The van der Waals surface area contributed by atoms with Crippen LogP contribution in [0.3, 0.4) is 0 Å². The van der Waals surface area contributed by atoms with E-state index in [4.69, 9.17) is 14.2 Å². The lowest BCUT2D eigenvalue weighted by Gasteiger charge is -2.17. The van der Waals surface area contributed by atoms with Crippen LogP contribution in [0.15, 0.2) is 23.2 Å². The smallest absolute Gasteiger partial charge is 0.416 e. The van der Waals surface area contributed by atoms with Crippen LogP contribution in [-0.4, -0.2) is 52.6 Å². The Morgan fingerprint density at radius 3 is 2.79 bits per heavy atom. The third kappa shape index (κ3) is 7.20. The molecule has 1 heterocycles. The number of rotatable bonds is 9. The minimum Gasteiger partial charge on any atom is -0.497 e. The van der Waals surface area contributed by atoms with E-state index in [-0.39, 0.29) is 24.0 Å². The van der Waals surface area contributed by atoms with Gasteiger partial charge in [0.2, 0.25) is 0 Å². The Kier molecular flexibility index (Phi) is 8.85. The van der Waals surface area contributed by atoms with E-state index in [0.717, 1.165) is 31.9 Å². The van der Waals surface area contributed by atoms with Crippen LogP contribution < -0.4 is 15.4 Å². The molecule has 2 N–H and O–H groups in total. The van der Waals surface area contributed by atoms with Crippen molar-refractivity contribution >= 4 is 5.96 Å². The number of nitrogens with zero attached hydrogens (tertiary/aromatic N) is 1. The fourth-order valence-corrected chi connectivity index (χ4v) is 2.87. The standard InChI is InChI=1S/C19H28F3N3O3/c1-23-18(24-8-4-9-27-13-16-5-3-10-28-16)25-12-14-6-7-15(26-2)11-17(14)19(20,21)22/h6-7,11,16H,3-5,8-10,12-13H2,1-2H3,(H2,23,24,25). The van der Waals surface area contributed by atoms with Gasteiger partial charge >= 0.3 is 6.18 Å². The molecule has 1 aromatic rings. The summed E-state index contributed by atoms with van der Waals surface area (Å²) in [4.78, 5) is 4.04. The average Bonchev–Trinajstić information content (AvgIpc) is 3.19. The molecule has 28 heavy (non-hydrogen) atoms. The van der Waals surface area contributed by atoms with Gasteiger partial charge < -0.3 is 24.8 Å². The predicted molar refractivity (Wildman–Crippen MR) is 101 cm³/mol. The van der Waals surface area contributed by atoms with Gasteiger partial charge in [-0.25, -0.2) is 0 Å². The Morgan fingerprint density at radius 2 is 2.14 bits per heavy atom. The van der Waals surface area contributed by atoms with Crippen molar-refractivity contribution in [3.63, 3.8) is 0 Å². The number of aliphatic imine (C=N–C) groups is 1. The van der Waals surface area contributed by atoms with Crippen molar-refractivity contribution in [2.45, 2.75) is 38.1 Å². The van der Waals surface area contributed by atoms with Crippen molar-refractivity contribution in [2.75, 3.05) is 40.5 Å². The van der Waals surface area contributed by atoms with Gasteiger partial charge in [0.25, 0.3) is 0 Å². The average molecular weight is 403 g/mol. The zero-order valence-corrected chi connectivity index (χ0v) is 16.3. The second kappa shape index (κ2) is 11.1. The fourth-order valence-electron chi connectivity index (χ4n) is 2.87. The fraction of sp³-hybridized carbons (Fsp3) is 0.632. The largest absolute Gasteiger partial charge is 0.497 e. The van der Waals surface area contributed by atoms with Crippen LogP contribution in [0, 0.1) is 0 Å². The first-order valence-electron chi connectivity index (χ1n) is 9.32. The van der Waals surface area contributed by atoms with Gasteiger partial charge in [0.1, 0.15) is 5.75 Å². The van der Waals surface area contributed by atoms with E-state index < -0.39 is 11.7 Å². The lowest BCUT2D eigenvalue weighted by Crippen LogP contribution is -2.38. The second-order valence-corrected chi connectivity index (χ2v) is 6.44. The quantitative estimate of drug-likeness (QED) is 0.377. The molecule has 1 aliphatic heterocycles. The number of hydrogen-bond donors (Lipinski definition) is 2. The maximum Gasteiger partial charge on any atom is 0.416 e. The third-order valence-corrected chi connectivity index (χ3v) is 4.38. The first-order chi connectivity index (χ1) is 13.4. The minimum atomic E-state index is -4.46. The number of alkyl halides is 3. The minimum absolute atomic E-state index is 0.00592. The molecular formula is C19H28F3N3O3. The highest BCUT2D eigenvalue weighted by atomic mass is 19.4. The van der Waals surface area contributed by atoms with E-state index >= 15 is 0 Å². The van der Waals surface area contributed by atoms with Gasteiger partial charge in [-0.05, 0) is 37.0 Å². The number of halogens is 3. The molecule has 2 rings (SSSR count). The predicted octanol–water partition coefficient (Wildman–Crippen LogP) is 2.96. The van der Waals surface area contributed by atoms with Crippen molar-refractivity contribution in [1.82, 2.24) is 10.6 Å². The first-order valence-corrected chi connectivity index (χ1v) is 9.32. The number of methoxy groups -OCH3 is 1. The van der Waals surface area contributed by atoms with Gasteiger partial charge in [-0.2, -0.15) is 13.2 Å². The van der Waals surface area contributed by atoms with Crippen LogP contribution in [-0.2, 0) is 22.2 Å². The number of ether oxygens (including phenoxy) is 3. The van der Waals surface area contributed by atoms with Crippen LogP contribution in [0.25, 0.3) is 0 Å². The summed E-state index contributed by atoms with van der Waals surface area (Å²) in [6.07, 6.45) is -1.37. The normalized spacial score (nSPS) is 17.6. The van der Waals surface area contributed by atoms with Crippen molar-refractivity contribution < 1.29 is 27.4 Å². The Morgan fingerprint density at radius 1 is 1.32 bits per heavy atom. The molecule has 0 radical (unpaired) electrons. The monoisotopic (exact) mass is 403 g/mol. The molecule has 158 valence electrons. The molecule has 1 aromatic carbocycles. The van der Waals surface area contributed by atoms with Gasteiger partial charge in [-0.1, -0.05) is 6.07 Å². The number of guanidine groups is 1. The highest BCUT2D eigenvalue weighted by Gasteiger charge is 2.33. The molecule has 0 aliphatic carbocycles. The Bertz CT molecular complexity index is 633. The lowest BCUT2D eigenvalue weighted by atomic mass is 10.1. The second-order valence-electron chi connectivity index (χ2n) is 6.44. The maximum atomic E-state index is 13.3. The van der Waals surface area contributed by atoms with Crippen LogP contribution in [0.2, 0.25) is 0 Å². The third-order valence-electron chi connectivity index (χ3n) is 4.38. The molecule has 0 aromatic heterocycles. The summed E-state index contributed by atoms with van der Waals surface area (Å²) in [5.41, 5.74) is -0.603. The first kappa shape index (κ1) is 22.3. The Hall–Kier alpha value is -2.00. The molecule has 0 amide bonds. The molecule has 6 nitrogen and oxygen atoms in total. The van der Waals surface area contributed by atoms with Gasteiger partial charge in [-0.15, -0.1) is 0 Å². The van der Waals surface area contributed by atoms with Gasteiger partial charge in [0.05, 0.1) is 25.4 Å². The van der Waals surface area contributed by atoms with E-state index in [1.54, 1.807) is 7.05 Å². The van der Waals surface area contributed by atoms with E-state index in [1.807, 2.05) is 0 Å². The summed E-state index contributed by atoms with van der Waals surface area (Å²) in [6, 6.07) is 3.91. The van der Waals surface area contributed by atoms with Gasteiger partial charge in [0.15, 0.2) is 5.96 Å². The van der Waals surface area contributed by atoms with Crippen LogP contribution in [0.4, 0.5) is 13.2 Å². The molecule has 0 bridgehead atoms. The lowest BCUT2D eigenvalue weighted by molar-refractivity contribution is -0.138. The maximum absolute atomic E-state index is 13.3. The molecule has 1 atom stereocenters. The molecule has 9 heteroatoms. The molecule has 0 spiro atoms. The highest BCUT2D eigenvalue weighted by molar-refractivity contribution is 5.79. The number of hydrogen-bond acceptors (Lipinski definition) is 4. The summed E-state index contributed by atoms with van der Waals surface area (Å²) < 4.78 is 55.7. The van der Waals surface area contributed by atoms with Crippen molar-refractivity contribution in [1.29, 1.82) is 0 Å². The summed E-state index contributed by atoms with van der Waals surface area (Å²) in [7, 11) is 2.91. The molecule has 1 fully saturated rings. The van der Waals surface area contributed by atoms with Crippen LogP contribution >= 0.6 is 0 Å². The number of benzene rings is 1. The zero-order valence-electron chi connectivity index (χ0n) is 16.3. The zero-order chi connectivity index (χ0) is 20.4. The van der Waals surface area contributed by atoms with Gasteiger partial charge in [-0.3, -0.25) is 4.99 Å². The van der Waals surface area contributed by atoms with Crippen molar-refractivity contribution in [3.05, 3.63) is 29.3 Å². The SMILES string of the molecule is CN=C(NCCCOCC1CCCO1)NCc1ccc(OC)cc1C(F)(F)F. The van der Waals surface area contributed by atoms with E-state index in [9.17, 15) is 13.2 Å². The van der Waals surface area contributed by atoms with Crippen LogP contribution in [0.5, 0.6) is 5.75 Å². The van der Waals surface area contributed by atoms with E-state index in [0.29, 0.717) is 25.7 Å². The summed E-state index contributed by atoms with van der Waals surface area (Å²) >= 11 is 0. The molecule has 0 saturated carbocycles. The van der Waals surface area contributed by atoms with E-state index in [1.165, 1.54) is 19.2 Å². The van der Waals surface area contributed by atoms with Crippen LogP contribution in [0.1, 0.15) is 30.4 Å². The Balaban J connectivity index is 1.74. The summed E-state index contributed by atoms with van der Waals surface area (Å²) in [6.45, 7) is 2.58. The summed E-state index contributed by atoms with van der Waals surface area (Å²) in [5.74, 6) is 0.602. The highest BCUT2D eigenvalue weighted by Crippen LogP contribution is 2.34. The van der Waals surface area contributed by atoms with Gasteiger partial charge in [0, 0.05) is 33.4 Å². The number of nitrogens with one attached hydrogen (secondary N) is 2. The molecule has 1 saturated heterocycles. The molecule has 1 aliphatic rings.